The van der Waals surface area contributed by atoms with Crippen molar-refractivity contribution in [2.45, 2.75) is 32.8 Å². The number of piperidine rings is 1. The van der Waals surface area contributed by atoms with E-state index >= 15 is 0 Å². The van der Waals surface area contributed by atoms with Crippen molar-refractivity contribution in [2.24, 2.45) is 5.92 Å². The predicted octanol–water partition coefficient (Wildman–Crippen LogP) is 1.81. The van der Waals surface area contributed by atoms with E-state index in [0.29, 0.717) is 11.6 Å². The first-order valence-corrected chi connectivity index (χ1v) is 6.82. The lowest BCUT2D eigenvalue weighted by atomic mass is 9.91. The first-order chi connectivity index (χ1) is 8.99. The monoisotopic (exact) mass is 262 g/mol. The molecule has 1 aromatic carbocycles. The van der Waals surface area contributed by atoms with Gasteiger partial charge in [0.1, 0.15) is 0 Å². The number of likely N-dealkylation sites (tertiary alicyclic amines) is 1. The van der Waals surface area contributed by atoms with Gasteiger partial charge in [0.05, 0.1) is 6.10 Å². The first kappa shape index (κ1) is 13.9. The molecule has 19 heavy (non-hydrogen) atoms. The zero-order valence-corrected chi connectivity index (χ0v) is 11.6. The van der Waals surface area contributed by atoms with Gasteiger partial charge in [-0.2, -0.15) is 0 Å². The van der Waals surface area contributed by atoms with Crippen molar-refractivity contribution >= 4 is 11.6 Å². The van der Waals surface area contributed by atoms with Crippen LogP contribution in [0.25, 0.3) is 0 Å². The van der Waals surface area contributed by atoms with Gasteiger partial charge in [-0.15, -0.1) is 0 Å². The van der Waals surface area contributed by atoms with E-state index < -0.39 is 0 Å². The fraction of sp³-hybridized carbons (Fsp3) is 0.533. The minimum absolute atomic E-state index is 0.0709. The number of nitrogens with two attached hydrogens (primary N) is 1. The number of rotatable bonds is 2. The standard InChI is InChI=1S/C15H22N2O2/c1-10-9-13(16)3-4-14(10)15(19)17-7-5-12(6-8-17)11(2)18/h3-4,9,11-12,18H,5-8,16H2,1-2H3. The van der Waals surface area contributed by atoms with Crippen molar-refractivity contribution in [3.63, 3.8) is 0 Å². The Labute approximate surface area is 114 Å². The van der Waals surface area contributed by atoms with E-state index in [1.54, 1.807) is 12.1 Å². The average Bonchev–Trinajstić information content (AvgIpc) is 2.38. The minimum atomic E-state index is -0.282. The zero-order valence-electron chi connectivity index (χ0n) is 11.6. The van der Waals surface area contributed by atoms with Crippen LogP contribution in [0.1, 0.15) is 35.7 Å². The number of anilines is 1. The van der Waals surface area contributed by atoms with E-state index in [9.17, 15) is 9.90 Å². The van der Waals surface area contributed by atoms with Gasteiger partial charge in [-0.1, -0.05) is 0 Å². The van der Waals surface area contributed by atoms with Crippen LogP contribution in [0.4, 0.5) is 5.69 Å². The third-order valence-electron chi connectivity index (χ3n) is 3.99. The van der Waals surface area contributed by atoms with Gasteiger partial charge in [0.2, 0.25) is 0 Å². The molecule has 104 valence electrons. The topological polar surface area (TPSA) is 66.6 Å². The number of benzene rings is 1. The van der Waals surface area contributed by atoms with Gasteiger partial charge >= 0.3 is 0 Å². The van der Waals surface area contributed by atoms with Crippen LogP contribution in [0.5, 0.6) is 0 Å². The Bertz CT molecular complexity index is 463. The maximum absolute atomic E-state index is 12.4. The summed E-state index contributed by atoms with van der Waals surface area (Å²) in [4.78, 5) is 14.3. The number of nitrogen functional groups attached to an aromatic ring is 1. The van der Waals surface area contributed by atoms with Crippen LogP contribution in [0.15, 0.2) is 18.2 Å². The number of carbonyl (C=O) groups excluding carboxylic acids is 1. The van der Waals surface area contributed by atoms with Gasteiger partial charge in [-0.25, -0.2) is 0 Å². The van der Waals surface area contributed by atoms with Crippen LogP contribution < -0.4 is 5.73 Å². The largest absolute Gasteiger partial charge is 0.399 e. The number of carbonyl (C=O) groups is 1. The normalized spacial score (nSPS) is 18.4. The lowest BCUT2D eigenvalue weighted by Gasteiger charge is -2.33. The van der Waals surface area contributed by atoms with E-state index in [2.05, 4.69) is 0 Å². The van der Waals surface area contributed by atoms with Crippen LogP contribution in [0.3, 0.4) is 0 Å². The van der Waals surface area contributed by atoms with Crippen LogP contribution in [-0.4, -0.2) is 35.1 Å². The van der Waals surface area contributed by atoms with Gasteiger partial charge in [0, 0.05) is 24.3 Å². The van der Waals surface area contributed by atoms with Crippen LogP contribution in [-0.2, 0) is 0 Å². The van der Waals surface area contributed by atoms with Crippen molar-refractivity contribution in [1.29, 1.82) is 0 Å². The van der Waals surface area contributed by atoms with Gasteiger partial charge < -0.3 is 15.7 Å². The summed E-state index contributed by atoms with van der Waals surface area (Å²) in [6, 6.07) is 5.40. The molecule has 1 aliphatic heterocycles. The molecule has 1 aliphatic rings. The Kier molecular flexibility index (Phi) is 4.10. The molecule has 0 radical (unpaired) electrons. The molecule has 0 bridgehead atoms. The van der Waals surface area contributed by atoms with Gasteiger partial charge in [0.15, 0.2) is 0 Å². The van der Waals surface area contributed by atoms with Crippen LogP contribution in [0.2, 0.25) is 0 Å². The summed E-state index contributed by atoms with van der Waals surface area (Å²) in [5, 5.41) is 9.58. The van der Waals surface area contributed by atoms with E-state index in [1.165, 1.54) is 0 Å². The van der Waals surface area contributed by atoms with Crippen LogP contribution in [0, 0.1) is 12.8 Å². The predicted molar refractivity (Wildman–Crippen MR) is 75.9 cm³/mol. The Morgan fingerprint density at radius 2 is 2.05 bits per heavy atom. The number of hydrogen-bond donors (Lipinski definition) is 2. The molecule has 4 heteroatoms. The van der Waals surface area contributed by atoms with Crippen molar-refractivity contribution < 1.29 is 9.90 Å². The molecule has 1 aromatic rings. The second-order valence-corrected chi connectivity index (χ2v) is 5.44. The molecular formula is C15H22N2O2. The average molecular weight is 262 g/mol. The highest BCUT2D eigenvalue weighted by molar-refractivity contribution is 5.96. The molecule has 3 N–H and O–H groups in total. The summed E-state index contributed by atoms with van der Waals surface area (Å²) < 4.78 is 0. The molecular weight excluding hydrogens is 240 g/mol. The highest BCUT2D eigenvalue weighted by Gasteiger charge is 2.26. The molecule has 0 aliphatic carbocycles. The van der Waals surface area contributed by atoms with Crippen molar-refractivity contribution in [3.05, 3.63) is 29.3 Å². The van der Waals surface area contributed by atoms with E-state index in [1.807, 2.05) is 24.8 Å². The summed E-state index contributed by atoms with van der Waals surface area (Å²) in [5.74, 6) is 0.387. The second-order valence-electron chi connectivity index (χ2n) is 5.44. The van der Waals surface area contributed by atoms with Gasteiger partial charge in [0.25, 0.3) is 5.91 Å². The molecule has 1 atom stereocenters. The fourth-order valence-electron chi connectivity index (χ4n) is 2.68. The quantitative estimate of drug-likeness (QED) is 0.799. The molecule has 2 rings (SSSR count). The second kappa shape index (κ2) is 5.61. The SMILES string of the molecule is Cc1cc(N)ccc1C(=O)N1CCC(C(C)O)CC1. The molecule has 4 nitrogen and oxygen atoms in total. The highest BCUT2D eigenvalue weighted by Crippen LogP contribution is 2.23. The summed E-state index contributed by atoms with van der Waals surface area (Å²) in [6.45, 7) is 5.18. The Balaban J connectivity index is 2.05. The summed E-state index contributed by atoms with van der Waals surface area (Å²) in [7, 11) is 0. The minimum Gasteiger partial charge on any atom is -0.399 e. The molecule has 0 spiro atoms. The number of aliphatic hydroxyl groups excluding tert-OH is 1. The maximum atomic E-state index is 12.4. The lowest BCUT2D eigenvalue weighted by molar-refractivity contribution is 0.0521. The smallest absolute Gasteiger partial charge is 0.254 e. The Hall–Kier alpha value is -1.55. The molecule has 1 unspecified atom stereocenters. The van der Waals surface area contributed by atoms with Crippen molar-refractivity contribution in [2.75, 3.05) is 18.8 Å². The molecule has 1 heterocycles. The van der Waals surface area contributed by atoms with Crippen molar-refractivity contribution in [1.82, 2.24) is 4.90 Å². The van der Waals surface area contributed by atoms with E-state index in [-0.39, 0.29) is 12.0 Å². The van der Waals surface area contributed by atoms with Gasteiger partial charge in [-0.3, -0.25) is 4.79 Å². The molecule has 1 amide bonds. The Morgan fingerprint density at radius 1 is 1.42 bits per heavy atom. The lowest BCUT2D eigenvalue weighted by Crippen LogP contribution is -2.41. The third-order valence-corrected chi connectivity index (χ3v) is 3.99. The fourth-order valence-corrected chi connectivity index (χ4v) is 2.68. The maximum Gasteiger partial charge on any atom is 0.254 e. The summed E-state index contributed by atoms with van der Waals surface area (Å²) in [5.41, 5.74) is 8.03. The molecule has 1 saturated heterocycles. The number of aliphatic hydroxyl groups is 1. The molecule has 0 aromatic heterocycles. The van der Waals surface area contributed by atoms with Crippen molar-refractivity contribution in [3.8, 4) is 0 Å². The summed E-state index contributed by atoms with van der Waals surface area (Å²) >= 11 is 0. The van der Waals surface area contributed by atoms with E-state index in [4.69, 9.17) is 5.73 Å². The molecule has 1 fully saturated rings. The Morgan fingerprint density at radius 3 is 2.58 bits per heavy atom. The zero-order chi connectivity index (χ0) is 14.0. The number of nitrogens with zero attached hydrogens (tertiary/aromatic N) is 1. The molecule has 0 saturated carbocycles. The van der Waals surface area contributed by atoms with Gasteiger partial charge in [-0.05, 0) is 56.4 Å². The number of amides is 1. The van der Waals surface area contributed by atoms with Crippen LogP contribution >= 0.6 is 0 Å². The van der Waals surface area contributed by atoms with E-state index in [0.717, 1.165) is 37.1 Å². The first-order valence-electron chi connectivity index (χ1n) is 6.82. The third kappa shape index (κ3) is 3.07. The number of aryl methyl sites for hydroxylation is 1. The summed E-state index contributed by atoms with van der Waals surface area (Å²) in [6.07, 6.45) is 1.46. The highest BCUT2D eigenvalue weighted by atomic mass is 16.3. The number of hydrogen-bond acceptors (Lipinski definition) is 3.